The van der Waals surface area contributed by atoms with Gasteiger partial charge in [-0.3, -0.25) is 0 Å². The van der Waals surface area contributed by atoms with Crippen molar-refractivity contribution in [3.05, 3.63) is 28.8 Å². The normalized spacial score (nSPS) is 14.0. The van der Waals surface area contributed by atoms with E-state index in [0.717, 1.165) is 0 Å². The molecule has 132 valence electrons. The van der Waals surface area contributed by atoms with Gasteiger partial charge in [0.15, 0.2) is 0 Å². The zero-order chi connectivity index (χ0) is 18.4. The van der Waals surface area contributed by atoms with Crippen LogP contribution in [0.15, 0.2) is 12.1 Å². The number of phenolic OH excluding ortho intramolecular Hbond substituents is 1. The molecule has 0 spiro atoms. The zero-order valence-corrected chi connectivity index (χ0v) is 12.9. The van der Waals surface area contributed by atoms with E-state index in [2.05, 4.69) is 0 Å². The molecule has 1 rings (SSSR count). The first-order valence-electron chi connectivity index (χ1n) is 6.84. The second kappa shape index (κ2) is 5.87. The summed E-state index contributed by atoms with van der Waals surface area (Å²) in [4.78, 5) is 0. The van der Waals surface area contributed by atoms with Crippen molar-refractivity contribution >= 4 is 0 Å². The molecule has 0 aromatic heterocycles. The fourth-order valence-electron chi connectivity index (χ4n) is 2.18. The van der Waals surface area contributed by atoms with E-state index in [4.69, 9.17) is 0 Å². The molecule has 0 bridgehead atoms. The van der Waals surface area contributed by atoms with Crippen molar-refractivity contribution in [3.63, 3.8) is 0 Å². The lowest BCUT2D eigenvalue weighted by molar-refractivity contribution is -0.349. The van der Waals surface area contributed by atoms with Gasteiger partial charge in [-0.2, -0.15) is 26.3 Å². The van der Waals surface area contributed by atoms with Crippen LogP contribution in [0, 0.1) is 0 Å². The standard InChI is InChI=1S/C15H17F7O/c1-7(2)9-5-10(8(3)4)12(23)11(6-9)13(16,14(17,18)19)15(20,21)22/h5-8,23H,1-4H3. The molecule has 23 heavy (non-hydrogen) atoms. The van der Waals surface area contributed by atoms with Crippen LogP contribution in [0.4, 0.5) is 30.7 Å². The van der Waals surface area contributed by atoms with E-state index < -0.39 is 41.2 Å². The van der Waals surface area contributed by atoms with Gasteiger partial charge in [0.2, 0.25) is 0 Å². The van der Waals surface area contributed by atoms with Crippen molar-refractivity contribution < 1.29 is 35.8 Å². The second-order valence-corrected chi connectivity index (χ2v) is 5.97. The summed E-state index contributed by atoms with van der Waals surface area (Å²) in [7, 11) is 0. The van der Waals surface area contributed by atoms with Gasteiger partial charge in [-0.25, -0.2) is 4.39 Å². The van der Waals surface area contributed by atoms with Crippen LogP contribution in [0.3, 0.4) is 0 Å². The van der Waals surface area contributed by atoms with Crippen LogP contribution in [-0.4, -0.2) is 17.5 Å². The van der Waals surface area contributed by atoms with E-state index in [9.17, 15) is 35.8 Å². The van der Waals surface area contributed by atoms with Crippen molar-refractivity contribution in [2.24, 2.45) is 0 Å². The van der Waals surface area contributed by atoms with Crippen LogP contribution < -0.4 is 0 Å². The molecular formula is C15H17F7O. The maximum Gasteiger partial charge on any atom is 0.436 e. The fourth-order valence-corrected chi connectivity index (χ4v) is 2.18. The first-order valence-corrected chi connectivity index (χ1v) is 6.84. The number of phenols is 1. The Morgan fingerprint density at radius 1 is 0.783 bits per heavy atom. The monoisotopic (exact) mass is 346 g/mol. The Bertz CT molecular complexity index is 556. The highest BCUT2D eigenvalue weighted by Crippen LogP contribution is 2.56. The molecule has 0 heterocycles. The Kier molecular flexibility index (Phi) is 4.99. The van der Waals surface area contributed by atoms with Crippen molar-refractivity contribution in [3.8, 4) is 5.75 Å². The highest BCUT2D eigenvalue weighted by Gasteiger charge is 2.74. The summed E-state index contributed by atoms with van der Waals surface area (Å²) in [5.74, 6) is -2.35. The minimum atomic E-state index is -6.26. The lowest BCUT2D eigenvalue weighted by Crippen LogP contribution is -2.50. The van der Waals surface area contributed by atoms with E-state index in [1.54, 1.807) is 13.8 Å². The SMILES string of the molecule is CC(C)c1cc(C(C)C)c(O)c(C(F)(C(F)(F)F)C(F)(F)F)c1. The van der Waals surface area contributed by atoms with Gasteiger partial charge >= 0.3 is 18.0 Å². The summed E-state index contributed by atoms with van der Waals surface area (Å²) in [6.45, 7) is 6.04. The molecule has 0 saturated heterocycles. The predicted octanol–water partition coefficient (Wildman–Crippen LogP) is 5.93. The fraction of sp³-hybridized carbons (Fsp3) is 0.600. The van der Waals surface area contributed by atoms with Crippen LogP contribution >= 0.6 is 0 Å². The maximum absolute atomic E-state index is 14.3. The average molecular weight is 346 g/mol. The molecule has 0 aliphatic carbocycles. The molecule has 1 aromatic carbocycles. The molecule has 1 N–H and O–H groups in total. The van der Waals surface area contributed by atoms with E-state index in [-0.39, 0.29) is 11.1 Å². The van der Waals surface area contributed by atoms with E-state index in [1.807, 2.05) is 0 Å². The van der Waals surface area contributed by atoms with Crippen molar-refractivity contribution in [1.82, 2.24) is 0 Å². The molecular weight excluding hydrogens is 329 g/mol. The zero-order valence-electron chi connectivity index (χ0n) is 12.9. The first-order chi connectivity index (χ1) is 10.1. The molecule has 0 atom stereocenters. The number of alkyl halides is 7. The van der Waals surface area contributed by atoms with Gasteiger partial charge in [-0.15, -0.1) is 0 Å². The van der Waals surface area contributed by atoms with Gasteiger partial charge in [-0.05, 0) is 29.0 Å². The lowest BCUT2D eigenvalue weighted by atomic mass is 9.85. The van der Waals surface area contributed by atoms with E-state index in [1.165, 1.54) is 19.9 Å². The Labute approximate surface area is 129 Å². The third-order valence-corrected chi connectivity index (χ3v) is 3.60. The minimum absolute atomic E-state index is 0.0806. The van der Waals surface area contributed by atoms with Gasteiger partial charge in [0.1, 0.15) is 5.75 Å². The molecule has 0 amide bonds. The summed E-state index contributed by atoms with van der Waals surface area (Å²) in [5, 5.41) is 9.89. The summed E-state index contributed by atoms with van der Waals surface area (Å²) >= 11 is 0. The first kappa shape index (κ1) is 19.6. The van der Waals surface area contributed by atoms with Crippen LogP contribution in [0.1, 0.15) is 56.2 Å². The number of aromatic hydroxyl groups is 1. The Hall–Kier alpha value is -1.47. The minimum Gasteiger partial charge on any atom is -0.507 e. The van der Waals surface area contributed by atoms with Gasteiger partial charge in [0, 0.05) is 0 Å². The maximum atomic E-state index is 14.3. The summed E-state index contributed by atoms with van der Waals surface area (Å²) < 4.78 is 91.8. The molecule has 0 fully saturated rings. The van der Waals surface area contributed by atoms with Crippen molar-refractivity contribution in [2.75, 3.05) is 0 Å². The number of benzene rings is 1. The summed E-state index contributed by atoms with van der Waals surface area (Å²) in [5.41, 5.74) is -7.54. The van der Waals surface area contributed by atoms with Gasteiger partial charge in [0.25, 0.3) is 0 Å². The third-order valence-electron chi connectivity index (χ3n) is 3.60. The quantitative estimate of drug-likeness (QED) is 0.673. The molecule has 0 saturated carbocycles. The van der Waals surface area contributed by atoms with Crippen molar-refractivity contribution in [1.29, 1.82) is 0 Å². The number of rotatable bonds is 3. The van der Waals surface area contributed by atoms with Crippen LogP contribution in [0.5, 0.6) is 5.75 Å². The molecule has 1 aromatic rings. The summed E-state index contributed by atoms with van der Waals surface area (Å²) in [6, 6.07) is 1.73. The van der Waals surface area contributed by atoms with Gasteiger partial charge in [0.05, 0.1) is 5.56 Å². The highest BCUT2D eigenvalue weighted by molar-refractivity contribution is 5.50. The Morgan fingerprint density at radius 2 is 1.22 bits per heavy atom. The third kappa shape index (κ3) is 3.26. The molecule has 1 nitrogen and oxygen atoms in total. The predicted molar refractivity (Wildman–Crippen MR) is 71.2 cm³/mol. The van der Waals surface area contributed by atoms with Crippen LogP contribution in [-0.2, 0) is 5.67 Å². The van der Waals surface area contributed by atoms with E-state index >= 15 is 0 Å². The summed E-state index contributed by atoms with van der Waals surface area (Å²) in [6.07, 6.45) is -12.5. The van der Waals surface area contributed by atoms with Crippen molar-refractivity contribution in [2.45, 2.75) is 57.6 Å². The lowest BCUT2D eigenvalue weighted by Gasteiger charge is -2.32. The molecule has 0 radical (unpaired) electrons. The van der Waals surface area contributed by atoms with E-state index in [0.29, 0.717) is 6.07 Å². The molecule has 0 unspecified atom stereocenters. The second-order valence-electron chi connectivity index (χ2n) is 5.97. The Balaban J connectivity index is 3.87. The topological polar surface area (TPSA) is 20.2 Å². The Morgan fingerprint density at radius 3 is 1.52 bits per heavy atom. The number of hydrogen-bond donors (Lipinski definition) is 1. The average Bonchev–Trinajstić information content (AvgIpc) is 2.34. The largest absolute Gasteiger partial charge is 0.507 e. The van der Waals surface area contributed by atoms with Gasteiger partial charge < -0.3 is 5.11 Å². The smallest absolute Gasteiger partial charge is 0.436 e. The molecule has 0 aliphatic heterocycles. The van der Waals surface area contributed by atoms with Crippen LogP contribution in [0.25, 0.3) is 0 Å². The molecule has 0 aliphatic rings. The number of hydrogen-bond acceptors (Lipinski definition) is 1. The van der Waals surface area contributed by atoms with Gasteiger partial charge in [-0.1, -0.05) is 33.8 Å². The number of halogens is 7. The van der Waals surface area contributed by atoms with Crippen LogP contribution in [0.2, 0.25) is 0 Å². The molecule has 8 heteroatoms. The highest BCUT2D eigenvalue weighted by atomic mass is 19.4.